The molecule has 5 nitrogen and oxygen atoms in total. The Balaban J connectivity index is 0.000000631. The van der Waals surface area contributed by atoms with Gasteiger partial charge in [0.2, 0.25) is 0 Å². The Morgan fingerprint density at radius 3 is 2.39 bits per heavy atom. The molecule has 0 aliphatic carbocycles. The van der Waals surface area contributed by atoms with Crippen molar-refractivity contribution in [2.45, 2.75) is 19.8 Å². The van der Waals surface area contributed by atoms with E-state index in [1.54, 1.807) is 19.2 Å². The molecule has 0 spiro atoms. The first-order valence-electron chi connectivity index (χ1n) is 5.54. The number of hydrogen-bond acceptors (Lipinski definition) is 3. The second-order valence-corrected chi connectivity index (χ2v) is 3.81. The number of amides is 1. The molecular formula is C13H19NO4. The fourth-order valence-corrected chi connectivity index (χ4v) is 1.24. The first-order valence-corrected chi connectivity index (χ1v) is 5.54. The molecule has 3 N–H and O–H groups in total. The van der Waals surface area contributed by atoms with Crippen LogP contribution in [0.5, 0.6) is 0 Å². The number of hydrogen-bond donors (Lipinski definition) is 3. The van der Waals surface area contributed by atoms with Crippen molar-refractivity contribution in [1.29, 1.82) is 0 Å². The van der Waals surface area contributed by atoms with E-state index in [1.165, 1.54) is 0 Å². The Labute approximate surface area is 106 Å². The lowest BCUT2D eigenvalue weighted by Gasteiger charge is -2.09. The lowest BCUT2D eigenvalue weighted by atomic mass is 10.00. The topological polar surface area (TPSA) is 86.6 Å². The average molecular weight is 253 g/mol. The largest absolute Gasteiger partial charge is 0.481 e. The molecule has 18 heavy (non-hydrogen) atoms. The van der Waals surface area contributed by atoms with Crippen molar-refractivity contribution >= 4 is 11.9 Å². The summed E-state index contributed by atoms with van der Waals surface area (Å²) in [5.41, 5.74) is 1.61. The molecule has 0 fully saturated rings. The molecule has 0 aliphatic heterocycles. The third-order valence-corrected chi connectivity index (χ3v) is 2.22. The predicted octanol–water partition coefficient (Wildman–Crippen LogP) is 1.23. The van der Waals surface area contributed by atoms with E-state index in [-0.39, 0.29) is 18.4 Å². The van der Waals surface area contributed by atoms with Crippen LogP contribution < -0.4 is 5.32 Å². The summed E-state index contributed by atoms with van der Waals surface area (Å²) in [6, 6.07) is 7.30. The van der Waals surface area contributed by atoms with Crippen molar-refractivity contribution in [3.63, 3.8) is 0 Å². The maximum atomic E-state index is 11.3. The van der Waals surface area contributed by atoms with Crippen LogP contribution in [0.2, 0.25) is 0 Å². The normalized spacial score (nSPS) is 10.9. The molecule has 1 aromatic carbocycles. The summed E-state index contributed by atoms with van der Waals surface area (Å²) in [5.74, 6) is -0.864. The van der Waals surface area contributed by atoms with Gasteiger partial charge in [-0.3, -0.25) is 9.59 Å². The standard InChI is InChI=1S/C11H15NO2.C2H4O2/c1-8(7-13)9-4-3-5-10(6-9)11(14)12-2;1-2(3)4/h3-6,8,13H,7H2,1-2H3,(H,12,14);1H3,(H,3,4). The van der Waals surface area contributed by atoms with Crippen LogP contribution in [-0.4, -0.2) is 35.7 Å². The van der Waals surface area contributed by atoms with Crippen LogP contribution in [0.1, 0.15) is 35.7 Å². The summed E-state index contributed by atoms with van der Waals surface area (Å²) in [7, 11) is 1.60. The van der Waals surface area contributed by atoms with Gasteiger partial charge in [-0.1, -0.05) is 19.1 Å². The van der Waals surface area contributed by atoms with Crippen LogP contribution in [0.15, 0.2) is 24.3 Å². The number of carboxylic acids is 1. The Hall–Kier alpha value is -1.88. The SMILES string of the molecule is CC(=O)O.CNC(=O)c1cccc(C(C)CO)c1. The van der Waals surface area contributed by atoms with Gasteiger partial charge in [0.25, 0.3) is 11.9 Å². The number of aliphatic carboxylic acids is 1. The third kappa shape index (κ3) is 6.00. The van der Waals surface area contributed by atoms with Crippen molar-refractivity contribution in [3.05, 3.63) is 35.4 Å². The number of benzene rings is 1. The van der Waals surface area contributed by atoms with Crippen LogP contribution >= 0.6 is 0 Å². The highest BCUT2D eigenvalue weighted by Crippen LogP contribution is 2.15. The second kappa shape index (κ2) is 8.25. The summed E-state index contributed by atoms with van der Waals surface area (Å²) in [5, 5.41) is 19.0. The minimum Gasteiger partial charge on any atom is -0.481 e. The van der Waals surface area contributed by atoms with Gasteiger partial charge in [-0.2, -0.15) is 0 Å². The van der Waals surface area contributed by atoms with E-state index >= 15 is 0 Å². The highest BCUT2D eigenvalue weighted by atomic mass is 16.4. The molecule has 1 aromatic rings. The van der Waals surface area contributed by atoms with Crippen LogP contribution in [-0.2, 0) is 4.79 Å². The molecule has 0 aliphatic rings. The van der Waals surface area contributed by atoms with E-state index in [9.17, 15) is 4.79 Å². The fourth-order valence-electron chi connectivity index (χ4n) is 1.24. The van der Waals surface area contributed by atoms with E-state index in [1.807, 2.05) is 19.1 Å². The number of carbonyl (C=O) groups excluding carboxylic acids is 1. The molecular weight excluding hydrogens is 234 g/mol. The molecule has 1 unspecified atom stereocenters. The van der Waals surface area contributed by atoms with Crippen molar-refractivity contribution in [1.82, 2.24) is 5.32 Å². The van der Waals surface area contributed by atoms with Gasteiger partial charge < -0.3 is 15.5 Å². The van der Waals surface area contributed by atoms with Crippen LogP contribution in [0.3, 0.4) is 0 Å². The van der Waals surface area contributed by atoms with Gasteiger partial charge >= 0.3 is 0 Å². The van der Waals surface area contributed by atoms with Crippen LogP contribution in [0.4, 0.5) is 0 Å². The highest BCUT2D eigenvalue weighted by molar-refractivity contribution is 5.94. The van der Waals surface area contributed by atoms with Gasteiger partial charge in [-0.25, -0.2) is 0 Å². The van der Waals surface area contributed by atoms with Gasteiger partial charge in [0.15, 0.2) is 0 Å². The Kier molecular flexibility index (Phi) is 7.38. The molecule has 0 saturated carbocycles. The van der Waals surface area contributed by atoms with Crippen molar-refractivity contribution in [2.75, 3.05) is 13.7 Å². The lowest BCUT2D eigenvalue weighted by Crippen LogP contribution is -2.18. The Bertz CT molecular complexity index is 400. The third-order valence-electron chi connectivity index (χ3n) is 2.22. The maximum absolute atomic E-state index is 11.3. The first kappa shape index (κ1) is 16.1. The van der Waals surface area contributed by atoms with Gasteiger partial charge in [-0.05, 0) is 17.7 Å². The van der Waals surface area contributed by atoms with Gasteiger partial charge in [-0.15, -0.1) is 0 Å². The Morgan fingerprint density at radius 1 is 1.39 bits per heavy atom. The number of carbonyl (C=O) groups is 2. The smallest absolute Gasteiger partial charge is 0.300 e. The second-order valence-electron chi connectivity index (χ2n) is 3.81. The molecule has 0 heterocycles. The average Bonchev–Trinajstić information content (AvgIpc) is 2.36. The number of aliphatic hydroxyl groups excluding tert-OH is 1. The molecule has 0 radical (unpaired) electrons. The molecule has 1 atom stereocenters. The summed E-state index contributed by atoms with van der Waals surface area (Å²) < 4.78 is 0. The van der Waals surface area contributed by atoms with Gasteiger partial charge in [0.05, 0.1) is 0 Å². The number of rotatable bonds is 3. The number of carboxylic acid groups (broad SMARTS) is 1. The zero-order valence-corrected chi connectivity index (χ0v) is 10.8. The summed E-state index contributed by atoms with van der Waals surface area (Å²) in [4.78, 5) is 20.3. The van der Waals surface area contributed by atoms with E-state index in [4.69, 9.17) is 15.0 Å². The predicted molar refractivity (Wildman–Crippen MR) is 68.6 cm³/mol. The highest BCUT2D eigenvalue weighted by Gasteiger charge is 2.07. The zero-order chi connectivity index (χ0) is 14.1. The molecule has 0 saturated heterocycles. The Morgan fingerprint density at radius 2 is 1.94 bits per heavy atom. The van der Waals surface area contributed by atoms with E-state index in [2.05, 4.69) is 5.32 Å². The molecule has 0 aromatic heterocycles. The van der Waals surface area contributed by atoms with Gasteiger partial charge in [0, 0.05) is 32.1 Å². The van der Waals surface area contributed by atoms with E-state index in [0.717, 1.165) is 12.5 Å². The minimum atomic E-state index is -0.833. The van der Waals surface area contributed by atoms with Crippen molar-refractivity contribution in [2.24, 2.45) is 0 Å². The van der Waals surface area contributed by atoms with E-state index < -0.39 is 5.97 Å². The number of nitrogens with one attached hydrogen (secondary N) is 1. The first-order chi connectivity index (χ1) is 8.42. The summed E-state index contributed by atoms with van der Waals surface area (Å²) in [6.07, 6.45) is 0. The minimum absolute atomic E-state index is 0.0691. The van der Waals surface area contributed by atoms with Gasteiger partial charge in [0.1, 0.15) is 0 Å². The maximum Gasteiger partial charge on any atom is 0.300 e. The van der Waals surface area contributed by atoms with Crippen LogP contribution in [0.25, 0.3) is 0 Å². The van der Waals surface area contributed by atoms with Crippen molar-refractivity contribution < 1.29 is 19.8 Å². The van der Waals surface area contributed by atoms with Crippen LogP contribution in [0, 0.1) is 0 Å². The summed E-state index contributed by atoms with van der Waals surface area (Å²) in [6.45, 7) is 3.10. The quantitative estimate of drug-likeness (QED) is 0.756. The van der Waals surface area contributed by atoms with E-state index in [0.29, 0.717) is 5.56 Å². The molecule has 1 rings (SSSR count). The number of aliphatic hydroxyl groups is 1. The van der Waals surface area contributed by atoms with Crippen molar-refractivity contribution in [3.8, 4) is 0 Å². The molecule has 0 bridgehead atoms. The molecule has 1 amide bonds. The molecule has 100 valence electrons. The molecule has 5 heteroatoms. The fraction of sp³-hybridized carbons (Fsp3) is 0.385. The monoisotopic (exact) mass is 253 g/mol. The summed E-state index contributed by atoms with van der Waals surface area (Å²) >= 11 is 0. The zero-order valence-electron chi connectivity index (χ0n) is 10.8. The lowest BCUT2D eigenvalue weighted by molar-refractivity contribution is -0.134.